The van der Waals surface area contributed by atoms with Crippen molar-refractivity contribution in [2.45, 2.75) is 25.2 Å². The van der Waals surface area contributed by atoms with Gasteiger partial charge in [-0.2, -0.15) is 5.10 Å². The molecule has 28 heavy (non-hydrogen) atoms. The van der Waals surface area contributed by atoms with Crippen LogP contribution in [-0.2, 0) is 11.2 Å². The largest absolute Gasteiger partial charge is 0.309 e. The third kappa shape index (κ3) is 3.39. The van der Waals surface area contributed by atoms with Gasteiger partial charge >= 0.3 is 0 Å². The van der Waals surface area contributed by atoms with Crippen LogP contribution in [0.1, 0.15) is 30.0 Å². The molecule has 2 heterocycles. The number of amides is 1. The summed E-state index contributed by atoms with van der Waals surface area (Å²) in [6.07, 6.45) is 6.49. The maximum atomic E-state index is 12.3. The molecule has 5 rings (SSSR count). The number of anilines is 1. The first-order valence-corrected chi connectivity index (χ1v) is 9.53. The molecule has 0 saturated heterocycles. The van der Waals surface area contributed by atoms with E-state index in [1.807, 2.05) is 54.9 Å². The Morgan fingerprint density at radius 1 is 1.07 bits per heavy atom. The Kier molecular flexibility index (Phi) is 4.13. The lowest BCUT2D eigenvalue weighted by Crippen LogP contribution is -2.14. The monoisotopic (exact) mass is 368 g/mol. The highest BCUT2D eigenvalue weighted by Crippen LogP contribution is 2.39. The number of carbonyl (C=O) groups excluding carboxylic acids is 1. The number of nitrogens with zero attached hydrogens (tertiary/aromatic N) is 2. The molecule has 2 aromatic heterocycles. The quantitative estimate of drug-likeness (QED) is 0.537. The normalized spacial score (nSPS) is 13.6. The molecule has 0 atom stereocenters. The van der Waals surface area contributed by atoms with Gasteiger partial charge in [0.25, 0.3) is 0 Å². The molecule has 1 fully saturated rings. The molecule has 2 N–H and O–H groups in total. The van der Waals surface area contributed by atoms with Crippen molar-refractivity contribution in [2.24, 2.45) is 0 Å². The van der Waals surface area contributed by atoms with E-state index in [-0.39, 0.29) is 5.91 Å². The second kappa shape index (κ2) is 6.93. The van der Waals surface area contributed by atoms with Crippen LogP contribution in [0, 0.1) is 0 Å². The molecule has 0 spiro atoms. The van der Waals surface area contributed by atoms with Gasteiger partial charge in [-0.3, -0.25) is 14.9 Å². The Bertz CT molecular complexity index is 1140. The van der Waals surface area contributed by atoms with Gasteiger partial charge in [-0.25, -0.2) is 0 Å². The van der Waals surface area contributed by atoms with E-state index < -0.39 is 0 Å². The predicted molar refractivity (Wildman–Crippen MR) is 110 cm³/mol. The summed E-state index contributed by atoms with van der Waals surface area (Å²) in [6.45, 7) is 0. The van der Waals surface area contributed by atoms with E-state index in [1.54, 1.807) is 0 Å². The van der Waals surface area contributed by atoms with Gasteiger partial charge in [0.15, 0.2) is 5.82 Å². The average molecular weight is 368 g/mol. The van der Waals surface area contributed by atoms with Crippen LogP contribution in [0.3, 0.4) is 0 Å². The molecule has 0 aliphatic heterocycles. The SMILES string of the molecule is O=C(Cc1ccc(-c2cncc3ccccc23)cc1)Nc1cc(C2CC2)[nH]n1. The molecule has 138 valence electrons. The molecule has 0 radical (unpaired) electrons. The van der Waals surface area contributed by atoms with Gasteiger partial charge in [-0.1, -0.05) is 48.5 Å². The van der Waals surface area contributed by atoms with Crippen molar-refractivity contribution < 1.29 is 4.79 Å². The lowest BCUT2D eigenvalue weighted by molar-refractivity contribution is -0.115. The van der Waals surface area contributed by atoms with Gasteiger partial charge in [0.2, 0.25) is 5.91 Å². The molecule has 0 unspecified atom stereocenters. The second-order valence-electron chi connectivity index (χ2n) is 7.31. The summed E-state index contributed by atoms with van der Waals surface area (Å²) in [7, 11) is 0. The molecule has 1 amide bonds. The minimum absolute atomic E-state index is 0.0616. The number of aromatic amines is 1. The third-order valence-electron chi connectivity index (χ3n) is 5.18. The number of pyridine rings is 1. The fraction of sp³-hybridized carbons (Fsp3) is 0.174. The first-order valence-electron chi connectivity index (χ1n) is 9.53. The second-order valence-corrected chi connectivity index (χ2v) is 7.31. The van der Waals surface area contributed by atoms with Gasteiger partial charge in [0.05, 0.1) is 6.42 Å². The molecule has 1 saturated carbocycles. The van der Waals surface area contributed by atoms with Crippen LogP contribution in [0.5, 0.6) is 0 Å². The minimum Gasteiger partial charge on any atom is -0.309 e. The molecule has 5 heteroatoms. The summed E-state index contributed by atoms with van der Waals surface area (Å²) in [6, 6.07) is 18.2. The molecule has 4 aromatic rings. The number of nitrogens with one attached hydrogen (secondary N) is 2. The summed E-state index contributed by atoms with van der Waals surface area (Å²) in [4.78, 5) is 16.7. The van der Waals surface area contributed by atoms with Crippen molar-refractivity contribution in [1.29, 1.82) is 0 Å². The Hall–Kier alpha value is -3.47. The van der Waals surface area contributed by atoms with Crippen molar-refractivity contribution in [3.05, 3.63) is 78.2 Å². The Morgan fingerprint density at radius 3 is 2.71 bits per heavy atom. The first kappa shape index (κ1) is 16.7. The van der Waals surface area contributed by atoms with Crippen molar-refractivity contribution >= 4 is 22.5 Å². The van der Waals surface area contributed by atoms with E-state index in [2.05, 4.69) is 32.6 Å². The molecular weight excluding hydrogens is 348 g/mol. The van der Waals surface area contributed by atoms with Crippen LogP contribution in [0.4, 0.5) is 5.82 Å². The summed E-state index contributed by atoms with van der Waals surface area (Å²) in [5, 5.41) is 12.3. The van der Waals surface area contributed by atoms with Crippen molar-refractivity contribution in [3.63, 3.8) is 0 Å². The van der Waals surface area contributed by atoms with Crippen molar-refractivity contribution in [3.8, 4) is 11.1 Å². The number of rotatable bonds is 5. The molecule has 0 bridgehead atoms. The molecule has 1 aliphatic rings. The maximum Gasteiger partial charge on any atom is 0.229 e. The van der Waals surface area contributed by atoms with E-state index in [0.29, 0.717) is 18.2 Å². The fourth-order valence-corrected chi connectivity index (χ4v) is 3.53. The third-order valence-corrected chi connectivity index (χ3v) is 5.18. The molecular formula is C23H20N4O. The van der Waals surface area contributed by atoms with Crippen molar-refractivity contribution in [1.82, 2.24) is 15.2 Å². The highest BCUT2D eigenvalue weighted by atomic mass is 16.1. The number of fused-ring (bicyclic) bond motifs is 1. The smallest absolute Gasteiger partial charge is 0.229 e. The maximum absolute atomic E-state index is 12.3. The average Bonchev–Trinajstić information content (AvgIpc) is 3.48. The first-order chi connectivity index (χ1) is 13.8. The summed E-state index contributed by atoms with van der Waals surface area (Å²) >= 11 is 0. The number of H-pyrrole nitrogens is 1. The van der Waals surface area contributed by atoms with Crippen LogP contribution >= 0.6 is 0 Å². The van der Waals surface area contributed by atoms with Crippen LogP contribution in [0.2, 0.25) is 0 Å². The number of carbonyl (C=O) groups is 1. The molecule has 2 aromatic carbocycles. The highest BCUT2D eigenvalue weighted by molar-refractivity contribution is 5.96. The minimum atomic E-state index is -0.0616. The molecule has 5 nitrogen and oxygen atoms in total. The number of hydrogen-bond donors (Lipinski definition) is 2. The van der Waals surface area contributed by atoms with E-state index in [9.17, 15) is 4.79 Å². The lowest BCUT2D eigenvalue weighted by Gasteiger charge is -2.07. The number of hydrogen-bond acceptors (Lipinski definition) is 3. The van der Waals surface area contributed by atoms with Crippen LogP contribution in [-0.4, -0.2) is 21.1 Å². The highest BCUT2D eigenvalue weighted by Gasteiger charge is 2.25. The Labute approximate surface area is 162 Å². The van der Waals surface area contributed by atoms with Gasteiger partial charge in [0, 0.05) is 41.0 Å². The Balaban J connectivity index is 1.29. The van der Waals surface area contributed by atoms with E-state index >= 15 is 0 Å². The summed E-state index contributed by atoms with van der Waals surface area (Å²) in [5.74, 6) is 1.13. The Morgan fingerprint density at radius 2 is 1.89 bits per heavy atom. The zero-order valence-corrected chi connectivity index (χ0v) is 15.4. The van der Waals surface area contributed by atoms with Crippen molar-refractivity contribution in [2.75, 3.05) is 5.32 Å². The van der Waals surface area contributed by atoms with Gasteiger partial charge in [0.1, 0.15) is 0 Å². The van der Waals surface area contributed by atoms with Gasteiger partial charge in [-0.05, 0) is 29.4 Å². The standard InChI is InChI=1S/C23H20N4O/c28-23(25-22-12-21(26-27-22)17-9-10-17)11-15-5-7-16(8-6-15)20-14-24-13-18-3-1-2-4-19(18)20/h1-8,12-14,17H,9-11H2,(H2,25,26,27,28). The van der Waals surface area contributed by atoms with E-state index in [1.165, 1.54) is 18.2 Å². The van der Waals surface area contributed by atoms with E-state index in [0.717, 1.165) is 27.8 Å². The number of aromatic nitrogens is 3. The summed E-state index contributed by atoms with van der Waals surface area (Å²) < 4.78 is 0. The van der Waals surface area contributed by atoms with Crippen LogP contribution in [0.15, 0.2) is 67.0 Å². The van der Waals surface area contributed by atoms with Gasteiger partial charge < -0.3 is 5.32 Å². The molecule has 1 aliphatic carbocycles. The number of benzene rings is 2. The fourth-order valence-electron chi connectivity index (χ4n) is 3.53. The van der Waals surface area contributed by atoms with Crippen LogP contribution < -0.4 is 5.32 Å². The van der Waals surface area contributed by atoms with E-state index in [4.69, 9.17) is 0 Å². The lowest BCUT2D eigenvalue weighted by atomic mass is 9.99. The zero-order chi connectivity index (χ0) is 18.9. The van der Waals surface area contributed by atoms with Crippen LogP contribution in [0.25, 0.3) is 21.9 Å². The zero-order valence-electron chi connectivity index (χ0n) is 15.4. The summed E-state index contributed by atoms with van der Waals surface area (Å²) in [5.41, 5.74) is 4.27. The topological polar surface area (TPSA) is 70.7 Å². The van der Waals surface area contributed by atoms with Gasteiger partial charge in [-0.15, -0.1) is 0 Å². The predicted octanol–water partition coefficient (Wildman–Crippen LogP) is 4.68.